The van der Waals surface area contributed by atoms with Crippen molar-refractivity contribution in [2.75, 3.05) is 5.75 Å². The smallest absolute Gasteiger partial charge is 0.238 e. The highest BCUT2D eigenvalue weighted by Crippen LogP contribution is 2.24. The summed E-state index contributed by atoms with van der Waals surface area (Å²) in [4.78, 5) is 12.4. The second-order valence-electron chi connectivity index (χ2n) is 6.61. The first-order valence-electron chi connectivity index (χ1n) is 8.86. The molecule has 30 heavy (non-hydrogen) atoms. The van der Waals surface area contributed by atoms with Gasteiger partial charge in [-0.05, 0) is 49.2 Å². The second kappa shape index (κ2) is 9.17. The van der Waals surface area contributed by atoms with Crippen LogP contribution in [-0.4, -0.2) is 34.8 Å². The lowest BCUT2D eigenvalue weighted by molar-refractivity contribution is -0.119. The van der Waals surface area contributed by atoms with Gasteiger partial charge in [0.05, 0.1) is 22.4 Å². The van der Waals surface area contributed by atoms with Crippen LogP contribution in [-0.2, 0) is 14.8 Å². The van der Waals surface area contributed by atoms with Crippen molar-refractivity contribution in [3.05, 3.63) is 64.9 Å². The predicted molar refractivity (Wildman–Crippen MR) is 116 cm³/mol. The van der Waals surface area contributed by atoms with Gasteiger partial charge >= 0.3 is 0 Å². The highest BCUT2D eigenvalue weighted by atomic mass is 35.5. The van der Waals surface area contributed by atoms with E-state index in [-0.39, 0.29) is 22.6 Å². The molecule has 1 aromatic heterocycles. The van der Waals surface area contributed by atoms with Gasteiger partial charge in [-0.3, -0.25) is 9.36 Å². The Morgan fingerprint density at radius 1 is 1.27 bits per heavy atom. The van der Waals surface area contributed by atoms with Crippen molar-refractivity contribution in [2.45, 2.75) is 29.9 Å². The average molecular weight is 466 g/mol. The van der Waals surface area contributed by atoms with Gasteiger partial charge in [0.2, 0.25) is 15.9 Å². The number of nitrogens with zero attached hydrogens (tertiary/aromatic N) is 3. The average Bonchev–Trinajstić information content (AvgIpc) is 3.16. The molecule has 0 aliphatic rings. The van der Waals surface area contributed by atoms with Gasteiger partial charge in [0, 0.05) is 5.02 Å². The molecule has 1 unspecified atom stereocenters. The predicted octanol–water partition coefficient (Wildman–Crippen LogP) is 2.85. The number of amides is 1. The van der Waals surface area contributed by atoms with Gasteiger partial charge < -0.3 is 5.32 Å². The van der Waals surface area contributed by atoms with E-state index in [0.29, 0.717) is 10.2 Å². The van der Waals surface area contributed by atoms with Crippen molar-refractivity contribution in [3.8, 4) is 5.69 Å². The fourth-order valence-corrected chi connectivity index (χ4v) is 4.10. The van der Waals surface area contributed by atoms with Gasteiger partial charge in [-0.2, -0.15) is 0 Å². The van der Waals surface area contributed by atoms with Crippen LogP contribution in [0.4, 0.5) is 0 Å². The van der Waals surface area contributed by atoms with E-state index in [4.69, 9.17) is 16.7 Å². The summed E-state index contributed by atoms with van der Waals surface area (Å²) in [7, 11) is -3.75. The summed E-state index contributed by atoms with van der Waals surface area (Å²) >= 11 is 7.44. The molecule has 0 bridgehead atoms. The minimum atomic E-state index is -3.75. The first-order chi connectivity index (χ1) is 14.1. The van der Waals surface area contributed by atoms with Crippen molar-refractivity contribution < 1.29 is 13.2 Å². The standard InChI is InChI=1S/C19H20ClN5O3S2/c1-12-3-6-15(9-17(12)20)25-11-22-24-19(25)29-10-18(26)23-13(2)14-4-7-16(8-5-14)30(21,27)28/h3-9,11,13H,10H2,1-2H3,(H,23,26)(H2,21,27,28). The van der Waals surface area contributed by atoms with Crippen LogP contribution in [0, 0.1) is 6.92 Å². The normalized spacial score (nSPS) is 12.5. The van der Waals surface area contributed by atoms with Gasteiger partial charge in [-0.25, -0.2) is 13.6 Å². The molecule has 3 N–H and O–H groups in total. The number of rotatable bonds is 7. The number of sulfonamides is 1. The fraction of sp³-hybridized carbons (Fsp3) is 0.211. The van der Waals surface area contributed by atoms with E-state index in [1.165, 1.54) is 23.9 Å². The van der Waals surface area contributed by atoms with Crippen LogP contribution < -0.4 is 10.5 Å². The van der Waals surface area contributed by atoms with Gasteiger partial charge in [-0.15, -0.1) is 10.2 Å². The van der Waals surface area contributed by atoms with Crippen LogP contribution in [0.1, 0.15) is 24.1 Å². The van der Waals surface area contributed by atoms with E-state index < -0.39 is 10.0 Å². The summed E-state index contributed by atoms with van der Waals surface area (Å²) in [6.07, 6.45) is 1.57. The summed E-state index contributed by atoms with van der Waals surface area (Å²) in [5, 5.41) is 17.2. The molecule has 0 aliphatic heterocycles. The van der Waals surface area contributed by atoms with Crippen molar-refractivity contribution in [1.29, 1.82) is 0 Å². The Balaban J connectivity index is 1.61. The number of nitrogens with one attached hydrogen (secondary N) is 1. The molecular formula is C19H20ClN5O3S2. The largest absolute Gasteiger partial charge is 0.349 e. The van der Waals surface area contributed by atoms with Crippen LogP contribution in [0.3, 0.4) is 0 Å². The van der Waals surface area contributed by atoms with Crippen LogP contribution >= 0.6 is 23.4 Å². The van der Waals surface area contributed by atoms with Gasteiger partial charge in [-0.1, -0.05) is 41.6 Å². The molecule has 0 radical (unpaired) electrons. The van der Waals surface area contributed by atoms with Crippen molar-refractivity contribution >= 4 is 39.3 Å². The zero-order chi connectivity index (χ0) is 21.9. The van der Waals surface area contributed by atoms with Crippen LogP contribution in [0.5, 0.6) is 0 Å². The van der Waals surface area contributed by atoms with Gasteiger partial charge in [0.1, 0.15) is 6.33 Å². The maximum atomic E-state index is 12.4. The minimum absolute atomic E-state index is 0.0240. The highest BCUT2D eigenvalue weighted by Gasteiger charge is 2.14. The third-order valence-corrected chi connectivity index (χ3v) is 6.65. The minimum Gasteiger partial charge on any atom is -0.349 e. The van der Waals surface area contributed by atoms with E-state index in [9.17, 15) is 13.2 Å². The Hall–Kier alpha value is -2.40. The van der Waals surface area contributed by atoms with E-state index in [2.05, 4.69) is 15.5 Å². The number of halogens is 1. The molecule has 2 aromatic carbocycles. The number of aryl methyl sites for hydroxylation is 1. The molecule has 0 saturated heterocycles. The third kappa shape index (κ3) is 5.39. The number of nitrogens with two attached hydrogens (primary N) is 1. The van der Waals surface area contributed by atoms with Crippen molar-refractivity contribution in [2.24, 2.45) is 5.14 Å². The maximum absolute atomic E-state index is 12.4. The Bertz CT molecular complexity index is 1160. The third-order valence-electron chi connectivity index (χ3n) is 4.37. The number of benzene rings is 2. The first kappa shape index (κ1) is 22.3. The zero-order valence-corrected chi connectivity index (χ0v) is 18.6. The first-order valence-corrected chi connectivity index (χ1v) is 11.8. The molecule has 0 aliphatic carbocycles. The van der Waals surface area contributed by atoms with Gasteiger partial charge in [0.15, 0.2) is 5.16 Å². The van der Waals surface area contributed by atoms with E-state index >= 15 is 0 Å². The molecule has 8 nitrogen and oxygen atoms in total. The number of primary sulfonamides is 1. The maximum Gasteiger partial charge on any atom is 0.238 e. The number of hydrogen-bond donors (Lipinski definition) is 2. The number of aromatic nitrogens is 3. The molecule has 158 valence electrons. The summed E-state index contributed by atoms with van der Waals surface area (Å²) in [6, 6.07) is 11.4. The number of carbonyl (C=O) groups is 1. The highest BCUT2D eigenvalue weighted by molar-refractivity contribution is 7.99. The van der Waals surface area contributed by atoms with E-state index in [1.807, 2.05) is 32.0 Å². The molecule has 1 heterocycles. The lowest BCUT2D eigenvalue weighted by Gasteiger charge is -2.14. The number of carbonyl (C=O) groups excluding carboxylic acids is 1. The van der Waals surface area contributed by atoms with Crippen LogP contribution in [0.25, 0.3) is 5.69 Å². The molecule has 3 aromatic rings. The second-order valence-corrected chi connectivity index (χ2v) is 9.52. The number of hydrogen-bond acceptors (Lipinski definition) is 6. The summed E-state index contributed by atoms with van der Waals surface area (Å²) < 4.78 is 24.4. The number of thioether (sulfide) groups is 1. The molecule has 11 heteroatoms. The molecule has 1 atom stereocenters. The monoisotopic (exact) mass is 465 g/mol. The van der Waals surface area contributed by atoms with E-state index in [1.54, 1.807) is 23.0 Å². The van der Waals surface area contributed by atoms with Gasteiger partial charge in [0.25, 0.3) is 0 Å². The quantitative estimate of drug-likeness (QED) is 0.517. The fourth-order valence-electron chi connectivity index (χ4n) is 2.67. The SMILES string of the molecule is Cc1ccc(-n2cnnc2SCC(=O)NC(C)c2ccc(S(N)(=O)=O)cc2)cc1Cl. The lowest BCUT2D eigenvalue weighted by Crippen LogP contribution is -2.28. The summed E-state index contributed by atoms with van der Waals surface area (Å²) in [5.41, 5.74) is 2.54. The molecule has 0 spiro atoms. The Labute approximate surface area is 183 Å². The molecule has 1 amide bonds. The lowest BCUT2D eigenvalue weighted by atomic mass is 10.1. The van der Waals surface area contributed by atoms with Crippen molar-refractivity contribution in [1.82, 2.24) is 20.1 Å². The molecule has 3 rings (SSSR count). The van der Waals surface area contributed by atoms with Crippen molar-refractivity contribution in [3.63, 3.8) is 0 Å². The molecule has 0 fully saturated rings. The van der Waals surface area contributed by atoms with Crippen LogP contribution in [0.15, 0.2) is 58.8 Å². The Kier molecular flexibility index (Phi) is 6.81. The van der Waals surface area contributed by atoms with E-state index in [0.717, 1.165) is 16.8 Å². The Morgan fingerprint density at radius 3 is 2.60 bits per heavy atom. The van der Waals surface area contributed by atoms with Crippen LogP contribution in [0.2, 0.25) is 5.02 Å². The molecular weight excluding hydrogens is 446 g/mol. The molecule has 0 saturated carbocycles. The summed E-state index contributed by atoms with van der Waals surface area (Å²) in [5.74, 6) is -0.0581. The summed E-state index contributed by atoms with van der Waals surface area (Å²) in [6.45, 7) is 3.73. The topological polar surface area (TPSA) is 120 Å². The zero-order valence-electron chi connectivity index (χ0n) is 16.2. The Morgan fingerprint density at radius 2 is 1.97 bits per heavy atom.